The van der Waals surface area contributed by atoms with Crippen LogP contribution in [0.25, 0.3) is 0 Å². The first-order valence-electron chi connectivity index (χ1n) is 7.62. The number of guanidine groups is 1. The maximum absolute atomic E-state index is 13.6. The maximum Gasteiger partial charge on any atom is 0.191 e. The van der Waals surface area contributed by atoms with Gasteiger partial charge in [0, 0.05) is 18.7 Å². The van der Waals surface area contributed by atoms with Crippen LogP contribution < -0.4 is 10.6 Å². The van der Waals surface area contributed by atoms with E-state index in [9.17, 15) is 9.50 Å². The zero-order valence-electron chi connectivity index (χ0n) is 13.3. The molecule has 22 heavy (non-hydrogen) atoms. The Bertz CT molecular complexity index is 457. The van der Waals surface area contributed by atoms with Crippen molar-refractivity contribution in [3.8, 4) is 0 Å². The quantitative estimate of drug-likeness (QED) is 0.371. The molecule has 1 atom stereocenters. The van der Waals surface area contributed by atoms with Gasteiger partial charge in [0.05, 0.1) is 6.54 Å². The number of nitrogens with one attached hydrogen (secondary N) is 2. The molecule has 1 rings (SSSR count). The SMILES string of the molecule is CCNC(=NCC(O)c1ccccc1F)NCCCCSC. The maximum atomic E-state index is 13.6. The summed E-state index contributed by atoms with van der Waals surface area (Å²) in [5, 5.41) is 16.4. The van der Waals surface area contributed by atoms with Gasteiger partial charge < -0.3 is 15.7 Å². The predicted molar refractivity (Wildman–Crippen MR) is 93.0 cm³/mol. The number of thioether (sulfide) groups is 1. The molecule has 1 aromatic rings. The minimum Gasteiger partial charge on any atom is -0.386 e. The van der Waals surface area contributed by atoms with Gasteiger partial charge in [-0.1, -0.05) is 18.2 Å². The van der Waals surface area contributed by atoms with Gasteiger partial charge in [-0.2, -0.15) is 11.8 Å². The van der Waals surface area contributed by atoms with Gasteiger partial charge in [-0.3, -0.25) is 4.99 Å². The summed E-state index contributed by atoms with van der Waals surface area (Å²) in [6.07, 6.45) is 3.39. The number of benzene rings is 1. The zero-order chi connectivity index (χ0) is 16.2. The van der Waals surface area contributed by atoms with E-state index in [0.29, 0.717) is 5.96 Å². The van der Waals surface area contributed by atoms with Crippen molar-refractivity contribution < 1.29 is 9.50 Å². The minimum atomic E-state index is -0.937. The molecule has 0 bridgehead atoms. The van der Waals surface area contributed by atoms with E-state index in [1.165, 1.54) is 6.07 Å². The predicted octanol–water partition coefficient (Wildman–Crippen LogP) is 2.56. The van der Waals surface area contributed by atoms with Crippen molar-refractivity contribution in [2.24, 2.45) is 4.99 Å². The highest BCUT2D eigenvalue weighted by Gasteiger charge is 2.11. The molecule has 0 spiro atoms. The van der Waals surface area contributed by atoms with Gasteiger partial charge in [-0.05, 0) is 37.8 Å². The van der Waals surface area contributed by atoms with Crippen LogP contribution in [0.5, 0.6) is 0 Å². The van der Waals surface area contributed by atoms with Gasteiger partial charge in [-0.25, -0.2) is 4.39 Å². The van der Waals surface area contributed by atoms with Gasteiger partial charge in [0.25, 0.3) is 0 Å². The molecule has 1 unspecified atom stereocenters. The first-order valence-corrected chi connectivity index (χ1v) is 9.02. The molecule has 0 heterocycles. The monoisotopic (exact) mass is 327 g/mol. The second kappa shape index (κ2) is 11.3. The largest absolute Gasteiger partial charge is 0.386 e. The summed E-state index contributed by atoms with van der Waals surface area (Å²) >= 11 is 1.84. The first-order chi connectivity index (χ1) is 10.7. The van der Waals surface area contributed by atoms with Crippen molar-refractivity contribution in [1.82, 2.24) is 10.6 Å². The molecule has 0 aliphatic heterocycles. The third-order valence-electron chi connectivity index (χ3n) is 3.10. The molecule has 0 amide bonds. The Hall–Kier alpha value is -1.27. The second-order valence-electron chi connectivity index (χ2n) is 4.88. The van der Waals surface area contributed by atoms with E-state index in [4.69, 9.17) is 0 Å². The fraction of sp³-hybridized carbons (Fsp3) is 0.562. The molecule has 124 valence electrons. The van der Waals surface area contributed by atoms with Crippen LogP contribution in [-0.4, -0.2) is 42.7 Å². The van der Waals surface area contributed by atoms with E-state index < -0.39 is 11.9 Å². The molecule has 0 aliphatic rings. The van der Waals surface area contributed by atoms with Gasteiger partial charge >= 0.3 is 0 Å². The molecule has 0 fully saturated rings. The van der Waals surface area contributed by atoms with E-state index in [0.717, 1.165) is 31.7 Å². The average Bonchev–Trinajstić information content (AvgIpc) is 2.52. The summed E-state index contributed by atoms with van der Waals surface area (Å²) in [6.45, 7) is 3.69. The third kappa shape index (κ3) is 7.13. The molecular weight excluding hydrogens is 301 g/mol. The summed E-state index contributed by atoms with van der Waals surface area (Å²) in [5.74, 6) is 1.41. The lowest BCUT2D eigenvalue weighted by Crippen LogP contribution is -2.38. The van der Waals surface area contributed by atoms with E-state index >= 15 is 0 Å². The van der Waals surface area contributed by atoms with Crippen LogP contribution in [0.2, 0.25) is 0 Å². The number of rotatable bonds is 9. The molecule has 0 radical (unpaired) electrons. The fourth-order valence-corrected chi connectivity index (χ4v) is 2.43. The standard InChI is InChI=1S/C16H26FN3OS/c1-3-18-16(19-10-6-7-11-22-2)20-12-15(21)13-8-4-5-9-14(13)17/h4-5,8-9,15,21H,3,6-7,10-12H2,1-2H3,(H2,18,19,20). The van der Waals surface area contributed by atoms with Crippen molar-refractivity contribution in [3.63, 3.8) is 0 Å². The number of hydrogen-bond acceptors (Lipinski definition) is 3. The number of halogens is 1. The van der Waals surface area contributed by atoms with Gasteiger partial charge in [0.1, 0.15) is 11.9 Å². The number of hydrogen-bond donors (Lipinski definition) is 3. The zero-order valence-corrected chi connectivity index (χ0v) is 14.1. The van der Waals surface area contributed by atoms with Crippen molar-refractivity contribution in [3.05, 3.63) is 35.6 Å². The first kappa shape index (κ1) is 18.8. The van der Waals surface area contributed by atoms with Crippen LogP contribution in [0.15, 0.2) is 29.3 Å². The molecule has 0 aromatic heterocycles. The molecule has 4 nitrogen and oxygen atoms in total. The Labute approximate surface area is 136 Å². The van der Waals surface area contributed by atoms with E-state index in [1.807, 2.05) is 18.7 Å². The molecular formula is C16H26FN3OS. The molecule has 3 N–H and O–H groups in total. The number of unbranched alkanes of at least 4 members (excludes halogenated alkanes) is 1. The van der Waals surface area contributed by atoms with E-state index in [-0.39, 0.29) is 12.1 Å². The van der Waals surface area contributed by atoms with E-state index in [2.05, 4.69) is 21.9 Å². The van der Waals surface area contributed by atoms with Crippen LogP contribution >= 0.6 is 11.8 Å². The molecule has 0 saturated heterocycles. The van der Waals surface area contributed by atoms with E-state index in [1.54, 1.807) is 18.2 Å². The van der Waals surface area contributed by atoms with Crippen molar-refractivity contribution in [1.29, 1.82) is 0 Å². The Balaban J connectivity index is 2.48. The van der Waals surface area contributed by atoms with Crippen LogP contribution in [0.3, 0.4) is 0 Å². The molecule has 6 heteroatoms. The summed E-state index contributed by atoms with van der Waals surface area (Å²) in [4.78, 5) is 4.32. The molecule has 0 aliphatic carbocycles. The second-order valence-corrected chi connectivity index (χ2v) is 5.87. The number of aliphatic hydroxyl groups is 1. The lowest BCUT2D eigenvalue weighted by atomic mass is 10.1. The highest BCUT2D eigenvalue weighted by Crippen LogP contribution is 2.16. The summed E-state index contributed by atoms with van der Waals surface area (Å²) < 4.78 is 13.6. The van der Waals surface area contributed by atoms with Crippen LogP contribution in [0, 0.1) is 5.82 Å². The van der Waals surface area contributed by atoms with Crippen LogP contribution in [-0.2, 0) is 0 Å². The van der Waals surface area contributed by atoms with Crippen LogP contribution in [0.1, 0.15) is 31.4 Å². The highest BCUT2D eigenvalue weighted by atomic mass is 32.2. The topological polar surface area (TPSA) is 56.7 Å². The summed E-state index contributed by atoms with van der Waals surface area (Å²) in [6, 6.07) is 6.24. The minimum absolute atomic E-state index is 0.126. The van der Waals surface area contributed by atoms with Crippen molar-refractivity contribution >= 4 is 17.7 Å². The Morgan fingerprint density at radius 2 is 2.09 bits per heavy atom. The fourth-order valence-electron chi connectivity index (χ4n) is 1.94. The summed E-state index contributed by atoms with van der Waals surface area (Å²) in [7, 11) is 0. The number of nitrogens with zero attached hydrogens (tertiary/aromatic N) is 1. The average molecular weight is 327 g/mol. The molecule has 0 saturated carbocycles. The van der Waals surface area contributed by atoms with Gasteiger partial charge in [-0.15, -0.1) is 0 Å². The Morgan fingerprint density at radius 1 is 1.32 bits per heavy atom. The molecule has 1 aromatic carbocycles. The normalized spacial score (nSPS) is 13.0. The lowest BCUT2D eigenvalue weighted by Gasteiger charge is -2.13. The number of aliphatic imine (C=N–C) groups is 1. The van der Waals surface area contributed by atoms with Gasteiger partial charge in [0.2, 0.25) is 0 Å². The van der Waals surface area contributed by atoms with Crippen molar-refractivity contribution in [2.45, 2.75) is 25.9 Å². The summed E-state index contributed by atoms with van der Waals surface area (Å²) in [5.41, 5.74) is 0.280. The smallest absolute Gasteiger partial charge is 0.191 e. The van der Waals surface area contributed by atoms with Crippen molar-refractivity contribution in [2.75, 3.05) is 31.6 Å². The lowest BCUT2D eigenvalue weighted by molar-refractivity contribution is 0.182. The third-order valence-corrected chi connectivity index (χ3v) is 3.80. The van der Waals surface area contributed by atoms with Gasteiger partial charge in [0.15, 0.2) is 5.96 Å². The Kier molecular flexibility index (Phi) is 9.66. The number of aliphatic hydroxyl groups excluding tert-OH is 1. The van der Waals surface area contributed by atoms with Crippen LogP contribution in [0.4, 0.5) is 4.39 Å². The Morgan fingerprint density at radius 3 is 2.77 bits per heavy atom. The highest BCUT2D eigenvalue weighted by molar-refractivity contribution is 7.98.